The van der Waals surface area contributed by atoms with Gasteiger partial charge < -0.3 is 29.4 Å². The Hall–Kier alpha value is 1.10. The number of hydrogen-bond acceptors (Lipinski definition) is 3. The Morgan fingerprint density at radius 3 is 0.667 bits per heavy atom. The molecule has 0 bridgehead atoms. The Bertz CT molecular complexity index is 396. The molecule has 0 rings (SSSR count). The average molecular weight is 420 g/mol. The summed E-state index contributed by atoms with van der Waals surface area (Å²) in [6.07, 6.45) is 0. The summed E-state index contributed by atoms with van der Waals surface area (Å²) in [6, 6.07) is 0. The van der Waals surface area contributed by atoms with Crippen LogP contribution < -0.4 is 0 Å². The Kier molecular flexibility index (Phi) is 11.3. The summed E-state index contributed by atoms with van der Waals surface area (Å²) >= 11 is 0. The minimum absolute atomic E-state index is 0.0255. The van der Waals surface area contributed by atoms with Crippen molar-refractivity contribution in [2.45, 2.75) is 39.3 Å². The highest BCUT2D eigenvalue weighted by molar-refractivity contribution is 7.91. The molecule has 6 N–H and O–H groups in total. The van der Waals surface area contributed by atoms with E-state index in [1.165, 1.54) is 0 Å². The standard InChI is InChI=1S/2C3H11O3PSi.H5O3PSi/c2*1-8(2,3)7(4,5)6;1-4(2,3)5/h2*1-3H3,(H2,4,5,6);5H3,(H2,1,2,3). The maximum absolute atomic E-state index is 10.4. The molecule has 0 spiro atoms. The van der Waals surface area contributed by atoms with Crippen LogP contribution in [0.15, 0.2) is 0 Å². The van der Waals surface area contributed by atoms with E-state index in [9.17, 15) is 13.7 Å². The zero-order chi connectivity index (χ0) is 18.5. The lowest BCUT2D eigenvalue weighted by Gasteiger charge is -2.16. The molecule has 0 fully saturated rings. The third-order valence-electron chi connectivity index (χ3n) is 1.75. The smallest absolute Gasteiger partial charge is 0.291 e. The first-order valence-corrected chi connectivity index (χ1v) is 22.3. The second kappa shape index (κ2) is 8.81. The van der Waals surface area contributed by atoms with Crippen LogP contribution >= 0.6 is 21.4 Å². The van der Waals surface area contributed by atoms with Gasteiger partial charge in [0.2, 0.25) is 0 Å². The Morgan fingerprint density at radius 2 is 0.667 bits per heavy atom. The van der Waals surface area contributed by atoms with E-state index in [1.807, 2.05) is 0 Å². The van der Waals surface area contributed by atoms with E-state index in [1.54, 1.807) is 39.3 Å². The van der Waals surface area contributed by atoms with Gasteiger partial charge in [0.15, 0.2) is 15.5 Å². The molecule has 132 valence electrons. The Morgan fingerprint density at radius 1 is 0.619 bits per heavy atom. The molecule has 0 unspecified atom stereocenters. The molecular weight excluding hydrogens is 393 g/mol. The molecule has 0 saturated carbocycles. The van der Waals surface area contributed by atoms with Gasteiger partial charge in [0.05, 0.1) is 0 Å². The number of rotatable bonds is 2. The van der Waals surface area contributed by atoms with E-state index >= 15 is 0 Å². The summed E-state index contributed by atoms with van der Waals surface area (Å²) in [5, 5.41) is 0. The van der Waals surface area contributed by atoms with Crippen molar-refractivity contribution < 1.29 is 43.1 Å². The predicted molar refractivity (Wildman–Crippen MR) is 92.8 cm³/mol. The molecule has 0 saturated heterocycles. The summed E-state index contributed by atoms with van der Waals surface area (Å²) in [7, 11) is -15.3. The molecule has 0 aliphatic carbocycles. The largest absolute Gasteiger partial charge is 0.329 e. The molecule has 0 aromatic carbocycles. The van der Waals surface area contributed by atoms with Crippen LogP contribution in [0.3, 0.4) is 0 Å². The van der Waals surface area contributed by atoms with Gasteiger partial charge in [-0.25, -0.2) is 0 Å². The van der Waals surface area contributed by atoms with Crippen molar-refractivity contribution in [3.8, 4) is 0 Å². The molecule has 0 amide bonds. The fourth-order valence-electron chi connectivity index (χ4n) is 0. The third kappa shape index (κ3) is 21.1. The highest BCUT2D eigenvalue weighted by Gasteiger charge is 2.35. The summed E-state index contributed by atoms with van der Waals surface area (Å²) in [5.74, 6) is 0. The van der Waals surface area contributed by atoms with Crippen LogP contribution in [-0.2, 0) is 13.7 Å². The van der Waals surface area contributed by atoms with Crippen LogP contribution in [-0.4, -0.2) is 54.8 Å². The topological polar surface area (TPSA) is 173 Å². The van der Waals surface area contributed by atoms with Crippen molar-refractivity contribution in [2.24, 2.45) is 0 Å². The van der Waals surface area contributed by atoms with Crippen molar-refractivity contribution in [1.29, 1.82) is 0 Å². The molecule has 0 aliphatic heterocycles. The van der Waals surface area contributed by atoms with Crippen LogP contribution in [0, 0.1) is 0 Å². The van der Waals surface area contributed by atoms with E-state index in [-0.39, 0.29) is 9.91 Å². The van der Waals surface area contributed by atoms with Gasteiger partial charge in [0.25, 0.3) is 21.4 Å². The monoisotopic (exact) mass is 420 g/mol. The maximum atomic E-state index is 10.4. The van der Waals surface area contributed by atoms with Gasteiger partial charge in [-0.15, -0.1) is 0 Å². The van der Waals surface area contributed by atoms with E-state index in [4.69, 9.17) is 29.4 Å². The van der Waals surface area contributed by atoms with E-state index in [2.05, 4.69) is 0 Å². The molecular formula is C6H27O9P3Si3. The van der Waals surface area contributed by atoms with Gasteiger partial charge in [0.1, 0.15) is 9.91 Å². The van der Waals surface area contributed by atoms with E-state index < -0.39 is 36.9 Å². The van der Waals surface area contributed by atoms with Gasteiger partial charge in [-0.1, -0.05) is 39.3 Å². The lowest BCUT2D eigenvalue weighted by molar-refractivity contribution is 0.389. The second-order valence-corrected chi connectivity index (χ2v) is 33.8. The normalized spacial score (nSPS) is 13.7. The van der Waals surface area contributed by atoms with Crippen molar-refractivity contribution >= 4 is 46.8 Å². The van der Waals surface area contributed by atoms with Crippen molar-refractivity contribution in [1.82, 2.24) is 0 Å². The molecule has 0 aromatic rings. The van der Waals surface area contributed by atoms with Gasteiger partial charge in [0, 0.05) is 0 Å². The fraction of sp³-hybridized carbons (Fsp3) is 1.00. The van der Waals surface area contributed by atoms with E-state index in [0.717, 1.165) is 0 Å². The molecule has 0 atom stereocenters. The van der Waals surface area contributed by atoms with Gasteiger partial charge in [-0.3, -0.25) is 13.7 Å². The highest BCUT2D eigenvalue weighted by atomic mass is 31.5. The third-order valence-corrected chi connectivity index (χ3v) is 15.7. The summed E-state index contributed by atoms with van der Waals surface area (Å²) in [4.78, 5) is 49.5. The summed E-state index contributed by atoms with van der Waals surface area (Å²) in [5.41, 5.74) is 0. The molecule has 9 nitrogen and oxygen atoms in total. The average Bonchev–Trinajstić information content (AvgIpc) is 1.91. The molecule has 15 heteroatoms. The summed E-state index contributed by atoms with van der Waals surface area (Å²) < 4.78 is 30.2. The first-order valence-electron chi connectivity index (χ1n) is 5.64. The van der Waals surface area contributed by atoms with Gasteiger partial charge in [-0.2, -0.15) is 0 Å². The van der Waals surface area contributed by atoms with Gasteiger partial charge in [-0.05, 0) is 0 Å². The van der Waals surface area contributed by atoms with Crippen molar-refractivity contribution in [2.75, 3.05) is 0 Å². The minimum Gasteiger partial charge on any atom is -0.329 e. The minimum atomic E-state index is -3.71. The van der Waals surface area contributed by atoms with E-state index in [0.29, 0.717) is 0 Å². The van der Waals surface area contributed by atoms with Crippen LogP contribution in [0.4, 0.5) is 0 Å². The zero-order valence-electron chi connectivity index (χ0n) is 13.2. The SMILES string of the molecule is C[Si](C)(C)P(=O)(O)O.C[Si](C)(C)P(=O)(O)O.O=P(O)(O)[SiH3]. The van der Waals surface area contributed by atoms with Crippen LogP contribution in [0.1, 0.15) is 0 Å². The number of hydrogen-bond donors (Lipinski definition) is 6. The predicted octanol–water partition coefficient (Wildman–Crippen LogP) is 0.443. The molecule has 0 aliphatic rings. The van der Waals surface area contributed by atoms with Crippen LogP contribution in [0.2, 0.25) is 39.3 Å². The van der Waals surface area contributed by atoms with Crippen LogP contribution in [0.25, 0.3) is 0 Å². The second-order valence-electron chi connectivity index (χ2n) is 6.27. The molecule has 0 radical (unpaired) electrons. The van der Waals surface area contributed by atoms with Crippen molar-refractivity contribution in [3.63, 3.8) is 0 Å². The first kappa shape index (κ1) is 27.0. The molecule has 0 aromatic heterocycles. The molecule has 21 heavy (non-hydrogen) atoms. The highest BCUT2D eigenvalue weighted by Crippen LogP contribution is 2.46. The fourth-order valence-corrected chi connectivity index (χ4v) is 0. The van der Waals surface area contributed by atoms with Crippen LogP contribution in [0.5, 0.6) is 0 Å². The maximum Gasteiger partial charge on any atom is 0.291 e. The summed E-state index contributed by atoms with van der Waals surface area (Å²) in [6.45, 7) is 9.88. The molecule has 0 heterocycles. The van der Waals surface area contributed by atoms with Gasteiger partial charge >= 0.3 is 0 Å². The first-order chi connectivity index (χ1) is 8.50. The lowest BCUT2D eigenvalue weighted by Crippen LogP contribution is -2.19. The Balaban J connectivity index is -0.000000239. The Labute approximate surface area is 129 Å². The zero-order valence-corrected chi connectivity index (χ0v) is 19.9. The lowest BCUT2D eigenvalue weighted by atomic mass is 11.8. The quantitative estimate of drug-likeness (QED) is 0.274. The van der Waals surface area contributed by atoms with Crippen molar-refractivity contribution in [3.05, 3.63) is 0 Å².